The van der Waals surface area contributed by atoms with Crippen LogP contribution in [0.2, 0.25) is 5.02 Å². The van der Waals surface area contributed by atoms with Gasteiger partial charge in [0.1, 0.15) is 0 Å². The minimum absolute atomic E-state index is 0.0948. The molecule has 0 spiro atoms. The predicted octanol–water partition coefficient (Wildman–Crippen LogP) is 2.27. The van der Waals surface area contributed by atoms with Gasteiger partial charge in [-0.3, -0.25) is 16.0 Å². The molecular weight excluding hydrogens is 256 g/mol. The highest BCUT2D eigenvalue weighted by Gasteiger charge is 2.15. The van der Waals surface area contributed by atoms with Crippen LogP contribution in [0.1, 0.15) is 23.0 Å². The fourth-order valence-corrected chi connectivity index (χ4v) is 3.07. The highest BCUT2D eigenvalue weighted by atomic mass is 35.5. The molecular formula is C11H15ClN4S. The fraction of sp³-hybridized carbons (Fsp3) is 0.364. The molecule has 2 rings (SSSR count). The third-order valence-electron chi connectivity index (χ3n) is 2.77. The van der Waals surface area contributed by atoms with Gasteiger partial charge >= 0.3 is 0 Å². The lowest BCUT2D eigenvalue weighted by molar-refractivity contribution is 0.514. The van der Waals surface area contributed by atoms with Crippen LogP contribution in [0, 0.1) is 0 Å². The Morgan fingerprint density at radius 2 is 2.41 bits per heavy atom. The molecule has 0 aliphatic heterocycles. The maximum atomic E-state index is 6.10. The van der Waals surface area contributed by atoms with Crippen LogP contribution in [-0.4, -0.2) is 9.78 Å². The van der Waals surface area contributed by atoms with Gasteiger partial charge in [-0.2, -0.15) is 5.10 Å². The van der Waals surface area contributed by atoms with Gasteiger partial charge in [0.15, 0.2) is 0 Å². The van der Waals surface area contributed by atoms with Gasteiger partial charge in [0.2, 0.25) is 0 Å². The third-order valence-corrected chi connectivity index (χ3v) is 4.25. The monoisotopic (exact) mass is 270 g/mol. The van der Waals surface area contributed by atoms with Crippen LogP contribution in [0.15, 0.2) is 23.7 Å². The Kier molecular flexibility index (Phi) is 4.17. The van der Waals surface area contributed by atoms with Crippen molar-refractivity contribution in [2.75, 3.05) is 0 Å². The van der Waals surface area contributed by atoms with E-state index in [9.17, 15) is 0 Å². The van der Waals surface area contributed by atoms with E-state index in [2.05, 4.69) is 10.5 Å². The van der Waals surface area contributed by atoms with E-state index in [-0.39, 0.29) is 6.04 Å². The number of nitrogens with one attached hydrogen (secondary N) is 1. The van der Waals surface area contributed by atoms with Crippen molar-refractivity contribution in [1.29, 1.82) is 0 Å². The summed E-state index contributed by atoms with van der Waals surface area (Å²) in [6.45, 7) is 0. The second-order valence-electron chi connectivity index (χ2n) is 3.84. The second kappa shape index (κ2) is 5.64. The number of nitrogens with zero attached hydrogens (tertiary/aromatic N) is 2. The zero-order valence-electron chi connectivity index (χ0n) is 9.56. The molecule has 1 atom stereocenters. The zero-order valence-corrected chi connectivity index (χ0v) is 11.1. The lowest BCUT2D eigenvalue weighted by atomic mass is 10.1. The molecule has 92 valence electrons. The Bertz CT molecular complexity index is 479. The summed E-state index contributed by atoms with van der Waals surface area (Å²) >= 11 is 7.73. The summed E-state index contributed by atoms with van der Waals surface area (Å²) in [7, 11) is 1.94. The van der Waals surface area contributed by atoms with E-state index >= 15 is 0 Å². The minimum Gasteiger partial charge on any atom is -0.273 e. The smallest absolute Gasteiger partial charge is 0.0571 e. The maximum absolute atomic E-state index is 6.10. The third kappa shape index (κ3) is 2.87. The summed E-state index contributed by atoms with van der Waals surface area (Å²) in [6, 6.07) is 4.01. The minimum atomic E-state index is 0.0948. The summed E-state index contributed by atoms with van der Waals surface area (Å²) in [5.74, 6) is 5.59. The van der Waals surface area contributed by atoms with Crippen molar-refractivity contribution in [2.24, 2.45) is 12.9 Å². The number of nitrogens with two attached hydrogens (primary N) is 1. The average Bonchev–Trinajstić information content (AvgIpc) is 2.90. The van der Waals surface area contributed by atoms with Gasteiger partial charge in [-0.1, -0.05) is 11.6 Å². The van der Waals surface area contributed by atoms with Crippen LogP contribution in [-0.2, 0) is 13.5 Å². The average molecular weight is 271 g/mol. The van der Waals surface area contributed by atoms with Gasteiger partial charge in [-0.15, -0.1) is 11.3 Å². The van der Waals surface area contributed by atoms with Crippen LogP contribution in [0.4, 0.5) is 0 Å². The SMILES string of the molecule is Cn1nccc1CCC(NN)c1sccc1Cl. The zero-order chi connectivity index (χ0) is 12.3. The molecule has 17 heavy (non-hydrogen) atoms. The Hall–Kier alpha value is -0.880. The number of halogens is 1. The van der Waals surface area contributed by atoms with Crippen LogP contribution in [0.5, 0.6) is 0 Å². The molecule has 1 unspecified atom stereocenters. The first-order chi connectivity index (χ1) is 8.22. The molecule has 0 bridgehead atoms. The molecule has 0 aromatic carbocycles. The molecule has 2 heterocycles. The number of thiophene rings is 1. The summed E-state index contributed by atoms with van der Waals surface area (Å²) in [4.78, 5) is 1.09. The molecule has 0 saturated heterocycles. The predicted molar refractivity (Wildman–Crippen MR) is 70.9 cm³/mol. The summed E-state index contributed by atoms with van der Waals surface area (Å²) in [5, 5.41) is 6.90. The van der Waals surface area contributed by atoms with Crippen LogP contribution in [0.3, 0.4) is 0 Å². The largest absolute Gasteiger partial charge is 0.273 e. The molecule has 0 radical (unpaired) electrons. The van der Waals surface area contributed by atoms with Crippen molar-refractivity contribution in [3.63, 3.8) is 0 Å². The fourth-order valence-electron chi connectivity index (χ4n) is 1.78. The highest BCUT2D eigenvalue weighted by molar-refractivity contribution is 7.10. The van der Waals surface area contributed by atoms with E-state index in [1.807, 2.05) is 29.2 Å². The highest BCUT2D eigenvalue weighted by Crippen LogP contribution is 2.30. The van der Waals surface area contributed by atoms with Crippen molar-refractivity contribution in [3.8, 4) is 0 Å². The summed E-state index contributed by atoms with van der Waals surface area (Å²) in [5.41, 5.74) is 4.02. The first-order valence-electron chi connectivity index (χ1n) is 5.38. The lowest BCUT2D eigenvalue weighted by Gasteiger charge is -2.14. The van der Waals surface area contributed by atoms with Gasteiger partial charge in [0.25, 0.3) is 0 Å². The van der Waals surface area contributed by atoms with Crippen molar-refractivity contribution < 1.29 is 0 Å². The van der Waals surface area contributed by atoms with E-state index in [0.717, 1.165) is 22.7 Å². The van der Waals surface area contributed by atoms with Crippen LogP contribution < -0.4 is 11.3 Å². The molecule has 0 amide bonds. The van der Waals surface area contributed by atoms with E-state index < -0.39 is 0 Å². The van der Waals surface area contributed by atoms with E-state index in [0.29, 0.717) is 0 Å². The number of hydrogen-bond acceptors (Lipinski definition) is 4. The molecule has 0 aliphatic rings. The Balaban J connectivity index is 2.02. The van der Waals surface area contributed by atoms with E-state index in [1.54, 1.807) is 17.5 Å². The van der Waals surface area contributed by atoms with E-state index in [1.165, 1.54) is 5.69 Å². The van der Waals surface area contributed by atoms with Gasteiger partial charge in [-0.05, 0) is 30.4 Å². The molecule has 0 saturated carbocycles. The van der Waals surface area contributed by atoms with Gasteiger partial charge in [0.05, 0.1) is 11.1 Å². The summed E-state index contributed by atoms with van der Waals surface area (Å²) < 4.78 is 1.88. The molecule has 6 heteroatoms. The molecule has 0 aliphatic carbocycles. The maximum Gasteiger partial charge on any atom is 0.0571 e. The number of hydrogen-bond donors (Lipinski definition) is 2. The van der Waals surface area contributed by atoms with Gasteiger partial charge in [-0.25, -0.2) is 0 Å². The number of hydrazine groups is 1. The molecule has 4 nitrogen and oxygen atoms in total. The second-order valence-corrected chi connectivity index (χ2v) is 5.19. The summed E-state index contributed by atoms with van der Waals surface area (Å²) in [6.07, 6.45) is 3.62. The number of rotatable bonds is 5. The van der Waals surface area contributed by atoms with E-state index in [4.69, 9.17) is 17.4 Å². The first kappa shape index (κ1) is 12.6. The lowest BCUT2D eigenvalue weighted by Crippen LogP contribution is -2.28. The topological polar surface area (TPSA) is 55.9 Å². The van der Waals surface area contributed by atoms with Crippen molar-refractivity contribution >= 4 is 22.9 Å². The molecule has 2 aromatic heterocycles. The van der Waals surface area contributed by atoms with Gasteiger partial charge < -0.3 is 0 Å². The van der Waals surface area contributed by atoms with Crippen LogP contribution >= 0.6 is 22.9 Å². The number of aryl methyl sites for hydroxylation is 2. The van der Waals surface area contributed by atoms with Crippen LogP contribution in [0.25, 0.3) is 0 Å². The Morgan fingerprint density at radius 1 is 1.59 bits per heavy atom. The van der Waals surface area contributed by atoms with Crippen molar-refractivity contribution in [1.82, 2.24) is 15.2 Å². The standard InChI is InChI=1S/C11H15ClN4S/c1-16-8(4-6-14-16)2-3-10(15-13)11-9(12)5-7-17-11/h4-7,10,15H,2-3,13H2,1H3. The van der Waals surface area contributed by atoms with Crippen molar-refractivity contribution in [2.45, 2.75) is 18.9 Å². The Morgan fingerprint density at radius 3 is 2.94 bits per heavy atom. The van der Waals surface area contributed by atoms with Gasteiger partial charge in [0, 0.05) is 23.8 Å². The number of aromatic nitrogens is 2. The normalized spacial score (nSPS) is 12.9. The van der Waals surface area contributed by atoms with Crippen molar-refractivity contribution in [3.05, 3.63) is 39.3 Å². The molecule has 3 N–H and O–H groups in total. The first-order valence-corrected chi connectivity index (χ1v) is 6.64. The quantitative estimate of drug-likeness (QED) is 0.647. The molecule has 2 aromatic rings. The Labute approximate surface area is 109 Å². The molecule has 0 fully saturated rings.